The molecule has 2 aromatic rings. The van der Waals surface area contributed by atoms with Gasteiger partial charge >= 0.3 is 0 Å². The van der Waals surface area contributed by atoms with Gasteiger partial charge < -0.3 is 10.6 Å². The Morgan fingerprint density at radius 2 is 2.27 bits per heavy atom. The lowest BCUT2D eigenvalue weighted by atomic mass is 9.99. The third kappa shape index (κ3) is 2.73. The number of hydrogen-bond donors (Lipinski definition) is 4. The van der Waals surface area contributed by atoms with E-state index in [2.05, 4.69) is 25.8 Å². The number of aromatic amines is 1. The van der Waals surface area contributed by atoms with Gasteiger partial charge in [-0.15, -0.1) is 0 Å². The van der Waals surface area contributed by atoms with Gasteiger partial charge in [0.15, 0.2) is 0 Å². The molecule has 0 fully saturated rings. The highest BCUT2D eigenvalue weighted by Crippen LogP contribution is 2.27. The fourth-order valence-electron chi connectivity index (χ4n) is 2.23. The number of fused-ring (bicyclic) bond motifs is 1. The van der Waals surface area contributed by atoms with Gasteiger partial charge in [0.1, 0.15) is 5.50 Å². The Balaban J connectivity index is 2.00. The third-order valence-corrected chi connectivity index (χ3v) is 3.55. The molecule has 0 bridgehead atoms. The van der Waals surface area contributed by atoms with Gasteiger partial charge in [-0.1, -0.05) is 11.6 Å². The van der Waals surface area contributed by atoms with Crippen molar-refractivity contribution in [2.24, 2.45) is 0 Å². The number of anilines is 1. The van der Waals surface area contributed by atoms with E-state index in [0.29, 0.717) is 11.3 Å². The van der Waals surface area contributed by atoms with Crippen LogP contribution in [0.1, 0.15) is 16.8 Å². The maximum Gasteiger partial charge on any atom is 0.120 e. The van der Waals surface area contributed by atoms with Gasteiger partial charge in [-0.2, -0.15) is 5.10 Å². The normalized spacial score (nSPS) is 16.8. The van der Waals surface area contributed by atoms with E-state index in [4.69, 9.17) is 17.0 Å². The monoisotopic (exact) mass is 314 g/mol. The molecular formula is C15H15ClN6. The molecule has 0 saturated carbocycles. The van der Waals surface area contributed by atoms with Crippen LogP contribution in [-0.2, 0) is 0 Å². The zero-order valence-corrected chi connectivity index (χ0v) is 12.6. The first-order chi connectivity index (χ1) is 10.7. The van der Waals surface area contributed by atoms with Crippen LogP contribution in [0.3, 0.4) is 0 Å². The van der Waals surface area contributed by atoms with Crippen molar-refractivity contribution in [1.29, 1.82) is 5.41 Å². The molecule has 0 amide bonds. The number of rotatable bonds is 4. The predicted molar refractivity (Wildman–Crippen MR) is 89.0 cm³/mol. The summed E-state index contributed by atoms with van der Waals surface area (Å²) in [4.78, 5) is 4.42. The van der Waals surface area contributed by atoms with Crippen LogP contribution in [0, 0.1) is 5.41 Å². The molecule has 1 atom stereocenters. The van der Waals surface area contributed by atoms with E-state index in [0.717, 1.165) is 22.5 Å². The first kappa shape index (κ1) is 14.3. The minimum atomic E-state index is -0.255. The molecule has 4 N–H and O–H groups in total. The third-order valence-electron chi connectivity index (χ3n) is 3.29. The molecule has 0 saturated heterocycles. The molecular weight excluding hydrogens is 300 g/mol. The molecule has 1 aliphatic rings. The Bertz CT molecular complexity index is 747. The van der Waals surface area contributed by atoms with Crippen molar-refractivity contribution in [2.75, 3.05) is 12.4 Å². The maximum absolute atomic E-state index is 8.37. The molecule has 0 radical (unpaired) electrons. The second-order valence-corrected chi connectivity index (χ2v) is 5.24. The van der Waals surface area contributed by atoms with Crippen molar-refractivity contribution in [1.82, 2.24) is 20.5 Å². The largest absolute Gasteiger partial charge is 0.393 e. The van der Waals surface area contributed by atoms with Gasteiger partial charge in [-0.3, -0.25) is 15.5 Å². The maximum atomic E-state index is 8.37. The van der Waals surface area contributed by atoms with Crippen LogP contribution in [0.25, 0.3) is 11.6 Å². The summed E-state index contributed by atoms with van der Waals surface area (Å²) in [5.74, 6) is 0. The first-order valence-electron chi connectivity index (χ1n) is 6.74. The van der Waals surface area contributed by atoms with E-state index in [9.17, 15) is 0 Å². The van der Waals surface area contributed by atoms with E-state index < -0.39 is 0 Å². The second-order valence-electron chi connectivity index (χ2n) is 4.77. The number of pyridine rings is 1. The minimum Gasteiger partial charge on any atom is -0.393 e. The highest BCUT2D eigenvalue weighted by Gasteiger charge is 2.16. The Morgan fingerprint density at radius 3 is 3.00 bits per heavy atom. The summed E-state index contributed by atoms with van der Waals surface area (Å²) in [6.07, 6.45) is 10.6. The van der Waals surface area contributed by atoms with Crippen LogP contribution in [0.5, 0.6) is 0 Å². The summed E-state index contributed by atoms with van der Waals surface area (Å²) in [7, 11) is 1.80. The molecule has 0 aliphatic carbocycles. The summed E-state index contributed by atoms with van der Waals surface area (Å²) in [5, 5.41) is 21.1. The van der Waals surface area contributed by atoms with Crippen LogP contribution in [-0.4, -0.2) is 33.4 Å². The summed E-state index contributed by atoms with van der Waals surface area (Å²) >= 11 is 6.07. The Morgan fingerprint density at radius 1 is 1.41 bits per heavy atom. The number of nitrogens with zero attached hydrogens (tertiary/aromatic N) is 2. The minimum absolute atomic E-state index is 0.255. The van der Waals surface area contributed by atoms with Gasteiger partial charge in [0.2, 0.25) is 0 Å². The molecule has 22 heavy (non-hydrogen) atoms. The number of nitrogens with one attached hydrogen (secondary N) is 4. The van der Waals surface area contributed by atoms with Crippen LogP contribution in [0.15, 0.2) is 36.9 Å². The molecule has 1 aliphatic heterocycles. The van der Waals surface area contributed by atoms with Gasteiger partial charge in [0.25, 0.3) is 0 Å². The van der Waals surface area contributed by atoms with Crippen LogP contribution < -0.4 is 10.6 Å². The Hall–Kier alpha value is -2.60. The lowest BCUT2D eigenvalue weighted by Gasteiger charge is -2.18. The standard InChI is InChI=1S/C15H15ClN6/c1-18-8-11(15(17)10-6-20-21-7-10)9-4-13-12(19-5-9)2-3-14(16)22-13/h2-8,14,17-18,22H,1H3,(H,20,21)/b11-8-,17-15?. The average molecular weight is 315 g/mol. The topological polar surface area (TPSA) is 89.5 Å². The molecule has 0 spiro atoms. The molecule has 3 rings (SSSR count). The van der Waals surface area contributed by atoms with E-state index in [1.54, 1.807) is 31.8 Å². The molecule has 3 heterocycles. The van der Waals surface area contributed by atoms with Gasteiger partial charge in [-0.25, -0.2) is 0 Å². The molecule has 0 aromatic carbocycles. The van der Waals surface area contributed by atoms with Crippen LogP contribution >= 0.6 is 11.6 Å². The number of H-pyrrole nitrogens is 1. The fraction of sp³-hybridized carbons (Fsp3) is 0.133. The second kappa shape index (κ2) is 6.03. The summed E-state index contributed by atoms with van der Waals surface area (Å²) < 4.78 is 0. The van der Waals surface area contributed by atoms with Crippen LogP contribution in [0.4, 0.5) is 5.69 Å². The fourth-order valence-corrected chi connectivity index (χ4v) is 2.42. The highest BCUT2D eigenvalue weighted by molar-refractivity contribution is 6.30. The zero-order chi connectivity index (χ0) is 15.5. The van der Waals surface area contributed by atoms with Crippen molar-refractivity contribution in [2.45, 2.75) is 5.50 Å². The van der Waals surface area contributed by atoms with Crippen molar-refractivity contribution in [3.8, 4) is 0 Å². The molecule has 1 unspecified atom stereocenters. The van der Waals surface area contributed by atoms with E-state index in [1.165, 1.54) is 0 Å². The van der Waals surface area contributed by atoms with E-state index >= 15 is 0 Å². The lowest BCUT2D eigenvalue weighted by Crippen LogP contribution is -2.15. The molecule has 2 aromatic heterocycles. The SMILES string of the molecule is CN/C=C(\C(=N)c1cn[nH]c1)c1cnc2c(c1)NC(Cl)C=C2. The molecule has 6 nitrogen and oxygen atoms in total. The number of alkyl halides is 1. The van der Waals surface area contributed by atoms with Crippen molar-refractivity contribution >= 4 is 34.6 Å². The number of aromatic nitrogens is 3. The summed E-state index contributed by atoms with van der Waals surface area (Å²) in [6, 6.07) is 1.94. The summed E-state index contributed by atoms with van der Waals surface area (Å²) in [6.45, 7) is 0. The van der Waals surface area contributed by atoms with Crippen molar-refractivity contribution in [3.63, 3.8) is 0 Å². The average Bonchev–Trinajstić information content (AvgIpc) is 3.05. The number of hydrogen-bond acceptors (Lipinski definition) is 5. The first-order valence-corrected chi connectivity index (χ1v) is 7.17. The van der Waals surface area contributed by atoms with E-state index in [-0.39, 0.29) is 5.50 Å². The molecule has 112 valence electrons. The lowest BCUT2D eigenvalue weighted by molar-refractivity contribution is 1.09. The summed E-state index contributed by atoms with van der Waals surface area (Å²) in [5.41, 5.74) is 4.05. The van der Waals surface area contributed by atoms with E-state index in [1.807, 2.05) is 18.2 Å². The molecule has 7 heteroatoms. The van der Waals surface area contributed by atoms with Gasteiger partial charge in [0.05, 0.1) is 23.3 Å². The van der Waals surface area contributed by atoms with Gasteiger partial charge in [0, 0.05) is 42.3 Å². The Kier molecular flexibility index (Phi) is 3.93. The Labute approximate surface area is 132 Å². The van der Waals surface area contributed by atoms with Gasteiger partial charge in [-0.05, 0) is 18.2 Å². The van der Waals surface area contributed by atoms with Crippen molar-refractivity contribution < 1.29 is 0 Å². The highest BCUT2D eigenvalue weighted by atomic mass is 35.5. The van der Waals surface area contributed by atoms with Crippen LogP contribution in [0.2, 0.25) is 0 Å². The number of allylic oxidation sites excluding steroid dienone is 1. The quantitative estimate of drug-likeness (QED) is 0.396. The zero-order valence-electron chi connectivity index (χ0n) is 11.9. The predicted octanol–water partition coefficient (Wildman–Crippen LogP) is 2.44. The number of halogens is 1. The smallest absolute Gasteiger partial charge is 0.120 e. The van der Waals surface area contributed by atoms with Crippen molar-refractivity contribution in [3.05, 3.63) is 53.8 Å².